The predicted octanol–water partition coefficient (Wildman–Crippen LogP) is 2.45. The molecule has 0 radical (unpaired) electrons. The second-order valence-corrected chi connectivity index (χ2v) is 5.15. The Kier molecular flexibility index (Phi) is 3.97. The number of nitrogens with zero attached hydrogens (tertiary/aromatic N) is 1. The lowest BCUT2D eigenvalue weighted by molar-refractivity contribution is 0.0696. The third-order valence-electron chi connectivity index (χ3n) is 4.04. The van der Waals surface area contributed by atoms with Crippen molar-refractivity contribution in [2.24, 2.45) is 5.41 Å². The molecule has 1 saturated carbocycles. The Balaban J connectivity index is 1.81. The van der Waals surface area contributed by atoms with Crippen LogP contribution in [-0.4, -0.2) is 22.6 Å². The number of nitrogens with one attached hydrogen (secondary N) is 1. The Morgan fingerprint density at radius 1 is 1.50 bits per heavy atom. The van der Waals surface area contributed by atoms with Gasteiger partial charge in [0.05, 0.1) is 11.3 Å². The molecule has 2 N–H and O–H groups in total. The molecule has 0 amide bonds. The summed E-state index contributed by atoms with van der Waals surface area (Å²) in [6.07, 6.45) is 6.63. The fourth-order valence-electron chi connectivity index (χ4n) is 2.44. The van der Waals surface area contributed by atoms with Crippen LogP contribution in [0.3, 0.4) is 0 Å². The molecular weight excluding hydrogens is 228 g/mol. The summed E-state index contributed by atoms with van der Waals surface area (Å²) in [5, 5.41) is 12.2. The molecule has 18 heavy (non-hydrogen) atoms. The monoisotopic (exact) mass is 248 g/mol. The number of hydrogen-bond acceptors (Lipinski definition) is 3. The van der Waals surface area contributed by atoms with Crippen molar-refractivity contribution in [1.82, 2.24) is 10.3 Å². The van der Waals surface area contributed by atoms with E-state index >= 15 is 0 Å². The highest BCUT2D eigenvalue weighted by Crippen LogP contribution is 2.43. The van der Waals surface area contributed by atoms with Crippen LogP contribution in [-0.2, 0) is 6.54 Å². The van der Waals surface area contributed by atoms with Crippen LogP contribution in [0.15, 0.2) is 18.3 Å². The second kappa shape index (κ2) is 5.48. The lowest BCUT2D eigenvalue weighted by Crippen LogP contribution is -2.39. The van der Waals surface area contributed by atoms with Crippen molar-refractivity contribution in [3.8, 4) is 0 Å². The van der Waals surface area contributed by atoms with Gasteiger partial charge < -0.3 is 10.4 Å². The minimum atomic E-state index is -0.929. The Bertz CT molecular complexity index is 405. The van der Waals surface area contributed by atoms with E-state index in [0.717, 1.165) is 12.2 Å². The molecule has 1 fully saturated rings. The van der Waals surface area contributed by atoms with E-state index in [2.05, 4.69) is 17.2 Å². The number of carboxylic acid groups (broad SMARTS) is 1. The molecule has 2 rings (SSSR count). The first-order valence-corrected chi connectivity index (χ1v) is 6.54. The second-order valence-electron chi connectivity index (χ2n) is 5.15. The minimum absolute atomic E-state index is 0.239. The Labute approximate surface area is 107 Å². The molecule has 0 unspecified atom stereocenters. The number of carbonyl (C=O) groups is 1. The van der Waals surface area contributed by atoms with Gasteiger partial charge in [-0.25, -0.2) is 4.79 Å². The highest BCUT2D eigenvalue weighted by atomic mass is 16.4. The van der Waals surface area contributed by atoms with Gasteiger partial charge in [0.15, 0.2) is 0 Å². The Morgan fingerprint density at radius 2 is 2.28 bits per heavy atom. The van der Waals surface area contributed by atoms with Gasteiger partial charge in [-0.1, -0.05) is 13.3 Å². The van der Waals surface area contributed by atoms with E-state index in [1.807, 2.05) is 0 Å². The van der Waals surface area contributed by atoms with Gasteiger partial charge in [-0.2, -0.15) is 0 Å². The van der Waals surface area contributed by atoms with Crippen LogP contribution in [0.2, 0.25) is 0 Å². The van der Waals surface area contributed by atoms with Gasteiger partial charge >= 0.3 is 5.97 Å². The summed E-state index contributed by atoms with van der Waals surface area (Å²) in [4.78, 5) is 14.8. The summed E-state index contributed by atoms with van der Waals surface area (Å²) < 4.78 is 0. The van der Waals surface area contributed by atoms with Gasteiger partial charge in [-0.05, 0) is 36.8 Å². The van der Waals surface area contributed by atoms with Crippen LogP contribution in [0.25, 0.3) is 0 Å². The van der Waals surface area contributed by atoms with Crippen molar-refractivity contribution in [2.75, 3.05) is 6.54 Å². The molecule has 1 heterocycles. The lowest BCUT2D eigenvalue weighted by Gasteiger charge is -2.41. The van der Waals surface area contributed by atoms with Crippen molar-refractivity contribution in [1.29, 1.82) is 0 Å². The quantitative estimate of drug-likeness (QED) is 0.811. The molecule has 0 bridgehead atoms. The fourth-order valence-corrected chi connectivity index (χ4v) is 2.44. The fraction of sp³-hybridized carbons (Fsp3) is 0.571. The first-order chi connectivity index (χ1) is 8.65. The summed E-state index contributed by atoms with van der Waals surface area (Å²) in [6.45, 7) is 3.99. The van der Waals surface area contributed by atoms with Gasteiger partial charge in [0.1, 0.15) is 0 Å². The number of aromatic carboxylic acids is 1. The van der Waals surface area contributed by atoms with Crippen LogP contribution in [0, 0.1) is 5.41 Å². The van der Waals surface area contributed by atoms with E-state index in [1.165, 1.54) is 31.9 Å². The van der Waals surface area contributed by atoms with E-state index in [1.54, 1.807) is 12.1 Å². The van der Waals surface area contributed by atoms with Crippen LogP contribution in [0.1, 0.15) is 48.7 Å². The number of carboxylic acids is 1. The van der Waals surface area contributed by atoms with E-state index < -0.39 is 5.97 Å². The first-order valence-electron chi connectivity index (χ1n) is 6.54. The average molecular weight is 248 g/mol. The summed E-state index contributed by atoms with van der Waals surface area (Å²) in [5.74, 6) is -0.929. The van der Waals surface area contributed by atoms with Crippen molar-refractivity contribution < 1.29 is 9.90 Å². The molecule has 1 aliphatic carbocycles. The van der Waals surface area contributed by atoms with Crippen LogP contribution < -0.4 is 5.32 Å². The van der Waals surface area contributed by atoms with Crippen LogP contribution >= 0.6 is 0 Å². The number of rotatable bonds is 6. The lowest BCUT2D eigenvalue weighted by atomic mass is 9.67. The third kappa shape index (κ3) is 2.88. The van der Waals surface area contributed by atoms with Crippen molar-refractivity contribution in [3.05, 3.63) is 29.6 Å². The summed E-state index contributed by atoms with van der Waals surface area (Å²) in [5.41, 5.74) is 1.63. The first kappa shape index (κ1) is 13.0. The molecule has 0 aromatic carbocycles. The maximum Gasteiger partial charge on any atom is 0.337 e. The third-order valence-corrected chi connectivity index (χ3v) is 4.04. The van der Waals surface area contributed by atoms with E-state index in [-0.39, 0.29) is 5.56 Å². The van der Waals surface area contributed by atoms with Crippen molar-refractivity contribution >= 4 is 5.97 Å². The largest absolute Gasteiger partial charge is 0.478 e. The molecule has 98 valence electrons. The highest BCUT2D eigenvalue weighted by Gasteiger charge is 2.34. The normalized spacial score (nSPS) is 17.2. The maximum atomic E-state index is 10.7. The Hall–Kier alpha value is -1.42. The molecule has 4 nitrogen and oxygen atoms in total. The van der Waals surface area contributed by atoms with Gasteiger partial charge in [-0.3, -0.25) is 4.98 Å². The van der Waals surface area contributed by atoms with Crippen LogP contribution in [0.4, 0.5) is 0 Å². The van der Waals surface area contributed by atoms with E-state index in [0.29, 0.717) is 12.0 Å². The van der Waals surface area contributed by atoms with Crippen molar-refractivity contribution in [2.45, 2.75) is 39.2 Å². The molecule has 1 aliphatic rings. The molecule has 0 saturated heterocycles. The van der Waals surface area contributed by atoms with Gasteiger partial charge in [0.2, 0.25) is 0 Å². The topological polar surface area (TPSA) is 62.2 Å². The molecule has 1 aromatic heterocycles. The van der Waals surface area contributed by atoms with E-state index in [4.69, 9.17) is 5.11 Å². The molecular formula is C14H20N2O2. The zero-order valence-electron chi connectivity index (χ0n) is 10.8. The molecule has 4 heteroatoms. The predicted molar refractivity (Wildman–Crippen MR) is 69.5 cm³/mol. The summed E-state index contributed by atoms with van der Waals surface area (Å²) >= 11 is 0. The minimum Gasteiger partial charge on any atom is -0.478 e. The Morgan fingerprint density at radius 3 is 2.72 bits per heavy atom. The standard InChI is InChI=1S/C14H20N2O2/c1-2-14(6-3-7-14)10-15-9-12-5-4-11(8-16-12)13(17)18/h4-5,8,15H,2-3,6-7,9-10H2,1H3,(H,17,18). The highest BCUT2D eigenvalue weighted by molar-refractivity contribution is 5.87. The van der Waals surface area contributed by atoms with Crippen LogP contribution in [0.5, 0.6) is 0 Å². The molecule has 0 atom stereocenters. The average Bonchev–Trinajstić information content (AvgIpc) is 2.33. The number of pyridine rings is 1. The summed E-state index contributed by atoms with van der Waals surface area (Å²) in [6, 6.07) is 3.38. The smallest absolute Gasteiger partial charge is 0.337 e. The SMILES string of the molecule is CCC1(CNCc2ccc(C(=O)O)cn2)CCC1. The maximum absolute atomic E-state index is 10.7. The summed E-state index contributed by atoms with van der Waals surface area (Å²) in [7, 11) is 0. The van der Waals surface area contributed by atoms with Gasteiger partial charge in [-0.15, -0.1) is 0 Å². The van der Waals surface area contributed by atoms with Gasteiger partial charge in [0, 0.05) is 19.3 Å². The molecule has 0 spiro atoms. The zero-order valence-corrected chi connectivity index (χ0v) is 10.8. The molecule has 0 aliphatic heterocycles. The number of hydrogen-bond donors (Lipinski definition) is 2. The zero-order chi connectivity index (χ0) is 13.0. The van der Waals surface area contributed by atoms with Crippen molar-refractivity contribution in [3.63, 3.8) is 0 Å². The molecule has 1 aromatic rings. The van der Waals surface area contributed by atoms with E-state index in [9.17, 15) is 4.79 Å². The number of aromatic nitrogens is 1. The van der Waals surface area contributed by atoms with Gasteiger partial charge in [0.25, 0.3) is 0 Å².